The normalized spacial score (nSPS) is 30.3. The van der Waals surface area contributed by atoms with Gasteiger partial charge in [-0.05, 0) is 31.6 Å². The fourth-order valence-corrected chi connectivity index (χ4v) is 2.13. The summed E-state index contributed by atoms with van der Waals surface area (Å²) < 4.78 is 36.5. The summed E-state index contributed by atoms with van der Waals surface area (Å²) in [6, 6.07) is 0. The van der Waals surface area contributed by atoms with Crippen molar-refractivity contribution in [3.63, 3.8) is 0 Å². The summed E-state index contributed by atoms with van der Waals surface area (Å²) in [5.41, 5.74) is 0.469. The molecule has 2 rings (SSSR count). The summed E-state index contributed by atoms with van der Waals surface area (Å²) >= 11 is 0. The van der Waals surface area contributed by atoms with Crippen LogP contribution in [0.2, 0.25) is 0 Å². The van der Waals surface area contributed by atoms with Gasteiger partial charge in [0.25, 0.3) is 0 Å². The van der Waals surface area contributed by atoms with Crippen LogP contribution in [-0.2, 0) is 0 Å². The molecule has 1 unspecified atom stereocenters. The Morgan fingerprint density at radius 3 is 2.18 bits per heavy atom. The SMILES string of the molecule is FC(F)(F)C1=C2CCC(C2)C1. The standard InChI is InChI=1S/C8H9F3/c9-8(10,11)7-4-5-1-2-6(7)3-5/h5H,1-4H2. The first-order valence-electron chi connectivity index (χ1n) is 3.85. The van der Waals surface area contributed by atoms with Gasteiger partial charge >= 0.3 is 6.18 Å². The van der Waals surface area contributed by atoms with Crippen molar-refractivity contribution < 1.29 is 13.2 Å². The van der Waals surface area contributed by atoms with E-state index in [9.17, 15) is 13.2 Å². The van der Waals surface area contributed by atoms with E-state index in [0.29, 0.717) is 24.3 Å². The molecule has 2 bridgehead atoms. The topological polar surface area (TPSA) is 0 Å². The molecule has 0 spiro atoms. The summed E-state index contributed by atoms with van der Waals surface area (Å²) in [7, 11) is 0. The second-order valence-corrected chi connectivity index (χ2v) is 3.39. The molecular formula is C8H9F3. The van der Waals surface area contributed by atoms with Gasteiger partial charge in [0.15, 0.2) is 0 Å². The van der Waals surface area contributed by atoms with Gasteiger partial charge < -0.3 is 0 Å². The number of hydrogen-bond donors (Lipinski definition) is 0. The predicted octanol–water partition coefficient (Wildman–Crippen LogP) is 3.05. The Morgan fingerprint density at radius 2 is 1.91 bits per heavy atom. The number of hydrogen-bond acceptors (Lipinski definition) is 0. The lowest BCUT2D eigenvalue weighted by Crippen LogP contribution is -2.14. The fourth-order valence-electron chi connectivity index (χ4n) is 2.13. The molecule has 0 aromatic rings. The second kappa shape index (κ2) is 2.02. The van der Waals surface area contributed by atoms with Crippen LogP contribution in [0.4, 0.5) is 13.2 Å². The average molecular weight is 162 g/mol. The third-order valence-electron chi connectivity index (χ3n) is 2.65. The van der Waals surface area contributed by atoms with Crippen LogP contribution in [0.15, 0.2) is 11.1 Å². The van der Waals surface area contributed by atoms with E-state index in [1.54, 1.807) is 0 Å². The van der Waals surface area contributed by atoms with E-state index in [1.807, 2.05) is 0 Å². The van der Waals surface area contributed by atoms with Crippen molar-refractivity contribution >= 4 is 0 Å². The van der Waals surface area contributed by atoms with Crippen molar-refractivity contribution in [3.05, 3.63) is 11.1 Å². The molecule has 0 aromatic carbocycles. The highest BCUT2D eigenvalue weighted by atomic mass is 19.4. The Bertz CT molecular complexity index is 212. The minimum atomic E-state index is -4.04. The van der Waals surface area contributed by atoms with E-state index in [0.717, 1.165) is 12.8 Å². The van der Waals surface area contributed by atoms with Gasteiger partial charge in [-0.2, -0.15) is 13.2 Å². The molecule has 11 heavy (non-hydrogen) atoms. The number of alkyl halides is 3. The van der Waals surface area contributed by atoms with Crippen LogP contribution in [0.5, 0.6) is 0 Å². The molecule has 0 nitrogen and oxygen atoms in total. The molecule has 0 aliphatic heterocycles. The first-order valence-corrected chi connectivity index (χ1v) is 3.85. The smallest absolute Gasteiger partial charge is 0.166 e. The molecule has 0 amide bonds. The molecule has 0 N–H and O–H groups in total. The molecule has 62 valence electrons. The predicted molar refractivity (Wildman–Crippen MR) is 35.0 cm³/mol. The minimum absolute atomic E-state index is 0.214. The fraction of sp³-hybridized carbons (Fsp3) is 0.750. The molecule has 0 heterocycles. The first kappa shape index (κ1) is 7.19. The summed E-state index contributed by atoms with van der Waals surface area (Å²) in [5.74, 6) is 0.321. The highest BCUT2D eigenvalue weighted by molar-refractivity contribution is 5.29. The zero-order chi connectivity index (χ0) is 8.06. The quantitative estimate of drug-likeness (QED) is 0.480. The monoisotopic (exact) mass is 162 g/mol. The largest absolute Gasteiger partial charge is 0.412 e. The third-order valence-corrected chi connectivity index (χ3v) is 2.65. The van der Waals surface area contributed by atoms with E-state index in [-0.39, 0.29) is 5.57 Å². The molecule has 0 aromatic heterocycles. The van der Waals surface area contributed by atoms with Gasteiger partial charge in [0.2, 0.25) is 0 Å². The number of allylic oxidation sites excluding steroid dienone is 2. The van der Waals surface area contributed by atoms with Crippen LogP contribution >= 0.6 is 0 Å². The maximum Gasteiger partial charge on any atom is 0.412 e. The lowest BCUT2D eigenvalue weighted by atomic mass is 9.99. The van der Waals surface area contributed by atoms with E-state index in [1.165, 1.54) is 0 Å². The zero-order valence-corrected chi connectivity index (χ0v) is 6.04. The minimum Gasteiger partial charge on any atom is -0.166 e. The average Bonchev–Trinajstić information content (AvgIpc) is 2.42. The number of halogens is 3. The van der Waals surface area contributed by atoms with E-state index >= 15 is 0 Å². The zero-order valence-electron chi connectivity index (χ0n) is 6.04. The van der Waals surface area contributed by atoms with Crippen molar-refractivity contribution in [2.24, 2.45) is 5.92 Å². The lowest BCUT2D eigenvalue weighted by Gasteiger charge is -2.14. The van der Waals surface area contributed by atoms with Gasteiger partial charge in [0, 0.05) is 5.57 Å². The van der Waals surface area contributed by atoms with Crippen LogP contribution in [0.1, 0.15) is 25.7 Å². The van der Waals surface area contributed by atoms with Gasteiger partial charge in [-0.1, -0.05) is 5.57 Å². The van der Waals surface area contributed by atoms with Crippen molar-refractivity contribution in [1.82, 2.24) is 0 Å². The Hall–Kier alpha value is -0.470. The highest BCUT2D eigenvalue weighted by Gasteiger charge is 2.43. The maximum atomic E-state index is 12.2. The van der Waals surface area contributed by atoms with Crippen molar-refractivity contribution in [3.8, 4) is 0 Å². The van der Waals surface area contributed by atoms with Crippen molar-refractivity contribution in [2.75, 3.05) is 0 Å². The second-order valence-electron chi connectivity index (χ2n) is 3.39. The number of rotatable bonds is 0. The molecule has 2 aliphatic carbocycles. The Balaban J connectivity index is 2.28. The molecule has 1 fully saturated rings. The molecule has 1 saturated carbocycles. The number of fused-ring (bicyclic) bond motifs is 2. The summed E-state index contributed by atoms with van der Waals surface area (Å²) in [5, 5.41) is 0. The summed E-state index contributed by atoms with van der Waals surface area (Å²) in [4.78, 5) is 0. The van der Waals surface area contributed by atoms with Gasteiger partial charge in [-0.3, -0.25) is 0 Å². The molecule has 1 atom stereocenters. The first-order chi connectivity index (χ1) is 5.07. The van der Waals surface area contributed by atoms with Crippen LogP contribution in [0, 0.1) is 5.92 Å². The molecule has 0 saturated heterocycles. The molecule has 2 aliphatic rings. The van der Waals surface area contributed by atoms with Crippen LogP contribution in [0.25, 0.3) is 0 Å². The van der Waals surface area contributed by atoms with E-state index < -0.39 is 6.18 Å². The van der Waals surface area contributed by atoms with E-state index in [2.05, 4.69) is 0 Å². The Kier molecular flexibility index (Phi) is 1.32. The highest BCUT2D eigenvalue weighted by Crippen LogP contribution is 2.49. The molecule has 3 heteroatoms. The third kappa shape index (κ3) is 1.06. The maximum absolute atomic E-state index is 12.2. The van der Waals surface area contributed by atoms with Crippen LogP contribution < -0.4 is 0 Å². The summed E-state index contributed by atoms with van der Waals surface area (Å²) in [6.45, 7) is 0. The molecule has 0 radical (unpaired) electrons. The van der Waals surface area contributed by atoms with Gasteiger partial charge in [-0.15, -0.1) is 0 Å². The lowest BCUT2D eigenvalue weighted by molar-refractivity contribution is -0.0951. The van der Waals surface area contributed by atoms with Gasteiger partial charge in [-0.25, -0.2) is 0 Å². The van der Waals surface area contributed by atoms with E-state index in [4.69, 9.17) is 0 Å². The van der Waals surface area contributed by atoms with Crippen molar-refractivity contribution in [2.45, 2.75) is 31.9 Å². The van der Waals surface area contributed by atoms with Crippen LogP contribution in [0.3, 0.4) is 0 Å². The van der Waals surface area contributed by atoms with Gasteiger partial charge in [0.05, 0.1) is 0 Å². The Morgan fingerprint density at radius 1 is 1.18 bits per heavy atom. The molecular weight excluding hydrogens is 153 g/mol. The Labute approximate surface area is 63.1 Å². The van der Waals surface area contributed by atoms with Crippen LogP contribution in [-0.4, -0.2) is 6.18 Å². The summed E-state index contributed by atoms with van der Waals surface area (Å²) in [6.07, 6.45) is -1.35. The van der Waals surface area contributed by atoms with Crippen molar-refractivity contribution in [1.29, 1.82) is 0 Å². The van der Waals surface area contributed by atoms with Gasteiger partial charge in [0.1, 0.15) is 0 Å².